The summed E-state index contributed by atoms with van der Waals surface area (Å²) in [5, 5.41) is 0. The van der Waals surface area contributed by atoms with Crippen molar-refractivity contribution in [2.24, 2.45) is 5.73 Å². The number of hydrogen-bond donors (Lipinski definition) is 3. The molecule has 1 atom stereocenters. The van der Waals surface area contributed by atoms with Gasteiger partial charge in [0.25, 0.3) is 0 Å². The molecule has 0 amide bonds. The standard InChI is InChI=1S/C10H12NO5P/c11-8-4-7-3-6(5-17(13,14)15)1-2-9(7)16-10(8)12/h1-3,8H,4-5,11H2,(H2,13,14,15). The summed E-state index contributed by atoms with van der Waals surface area (Å²) in [5.74, 6) is -0.0774. The molecule has 1 aliphatic heterocycles. The zero-order valence-electron chi connectivity index (χ0n) is 8.87. The first kappa shape index (κ1) is 12.3. The highest BCUT2D eigenvalue weighted by Crippen LogP contribution is 2.40. The topological polar surface area (TPSA) is 110 Å². The van der Waals surface area contributed by atoms with Gasteiger partial charge in [-0.25, -0.2) is 4.79 Å². The van der Waals surface area contributed by atoms with E-state index in [1.807, 2.05) is 0 Å². The third-order valence-corrected chi connectivity index (χ3v) is 3.24. The molecule has 4 N–H and O–H groups in total. The summed E-state index contributed by atoms with van der Waals surface area (Å²) < 4.78 is 15.8. The number of carbonyl (C=O) groups is 1. The molecular formula is C10H12NO5P. The van der Waals surface area contributed by atoms with Crippen molar-refractivity contribution < 1.29 is 23.9 Å². The summed E-state index contributed by atoms with van der Waals surface area (Å²) in [7, 11) is -4.09. The van der Waals surface area contributed by atoms with Crippen LogP contribution in [0.25, 0.3) is 0 Å². The second kappa shape index (κ2) is 4.23. The van der Waals surface area contributed by atoms with Crippen LogP contribution in [0.4, 0.5) is 0 Å². The van der Waals surface area contributed by atoms with Gasteiger partial charge in [0.15, 0.2) is 0 Å². The maximum absolute atomic E-state index is 11.2. The van der Waals surface area contributed by atoms with E-state index < -0.39 is 19.6 Å². The smallest absolute Gasteiger partial charge is 0.329 e. The summed E-state index contributed by atoms with van der Waals surface area (Å²) in [5.41, 5.74) is 6.74. The molecule has 0 saturated heterocycles. The first-order valence-electron chi connectivity index (χ1n) is 4.99. The van der Waals surface area contributed by atoms with Crippen molar-refractivity contribution in [2.75, 3.05) is 0 Å². The summed E-state index contributed by atoms with van der Waals surface area (Å²) in [6, 6.07) is 3.96. The molecule has 0 aromatic heterocycles. The van der Waals surface area contributed by atoms with E-state index in [0.717, 1.165) is 0 Å². The SMILES string of the molecule is NC1Cc2cc(CP(=O)(O)O)ccc2OC1=O. The normalized spacial score (nSPS) is 19.7. The molecule has 0 spiro atoms. The van der Waals surface area contributed by atoms with Crippen LogP contribution in [0.3, 0.4) is 0 Å². The Bertz CT molecular complexity index is 509. The average Bonchev–Trinajstić information content (AvgIpc) is 2.18. The molecule has 7 heteroatoms. The van der Waals surface area contributed by atoms with Gasteiger partial charge in [-0.2, -0.15) is 0 Å². The van der Waals surface area contributed by atoms with Gasteiger partial charge in [0.05, 0.1) is 6.16 Å². The predicted molar refractivity (Wildman–Crippen MR) is 59.5 cm³/mol. The molecular weight excluding hydrogens is 245 g/mol. The molecule has 0 saturated carbocycles. The first-order valence-corrected chi connectivity index (χ1v) is 6.78. The van der Waals surface area contributed by atoms with E-state index in [4.69, 9.17) is 20.3 Å². The van der Waals surface area contributed by atoms with Gasteiger partial charge in [0.2, 0.25) is 0 Å². The monoisotopic (exact) mass is 257 g/mol. The molecule has 17 heavy (non-hydrogen) atoms. The van der Waals surface area contributed by atoms with Crippen LogP contribution in [0.2, 0.25) is 0 Å². The zero-order valence-corrected chi connectivity index (χ0v) is 9.76. The number of esters is 1. The van der Waals surface area contributed by atoms with Crippen LogP contribution < -0.4 is 10.5 Å². The molecule has 92 valence electrons. The van der Waals surface area contributed by atoms with E-state index in [1.165, 1.54) is 12.1 Å². The Labute approximate surface area is 97.6 Å². The van der Waals surface area contributed by atoms with Crippen molar-refractivity contribution in [1.82, 2.24) is 0 Å². The molecule has 0 radical (unpaired) electrons. The summed E-state index contributed by atoms with van der Waals surface area (Å²) >= 11 is 0. The minimum atomic E-state index is -4.09. The molecule has 1 aliphatic rings. The first-order chi connectivity index (χ1) is 7.85. The Morgan fingerprint density at radius 2 is 2.18 bits per heavy atom. The second-order valence-electron chi connectivity index (χ2n) is 4.00. The molecule has 1 heterocycles. The van der Waals surface area contributed by atoms with Gasteiger partial charge in [0, 0.05) is 6.42 Å². The van der Waals surface area contributed by atoms with E-state index in [0.29, 0.717) is 23.3 Å². The lowest BCUT2D eigenvalue weighted by Crippen LogP contribution is -2.39. The van der Waals surface area contributed by atoms with E-state index >= 15 is 0 Å². The molecule has 0 fully saturated rings. The van der Waals surface area contributed by atoms with E-state index in [9.17, 15) is 9.36 Å². The van der Waals surface area contributed by atoms with Gasteiger partial charge >= 0.3 is 13.6 Å². The molecule has 1 unspecified atom stereocenters. The second-order valence-corrected chi connectivity index (χ2v) is 5.64. The lowest BCUT2D eigenvalue weighted by molar-refractivity contribution is -0.136. The van der Waals surface area contributed by atoms with E-state index in [2.05, 4.69) is 0 Å². The number of fused-ring (bicyclic) bond motifs is 1. The third kappa shape index (κ3) is 2.92. The van der Waals surface area contributed by atoms with E-state index in [-0.39, 0.29) is 6.16 Å². The number of nitrogens with two attached hydrogens (primary N) is 1. The van der Waals surface area contributed by atoms with Crippen molar-refractivity contribution in [3.8, 4) is 5.75 Å². The Morgan fingerprint density at radius 3 is 2.82 bits per heavy atom. The molecule has 0 aliphatic carbocycles. The Balaban J connectivity index is 2.29. The van der Waals surface area contributed by atoms with Crippen molar-refractivity contribution in [2.45, 2.75) is 18.6 Å². The maximum atomic E-state index is 11.2. The Hall–Kier alpha value is -1.20. The number of hydrogen-bond acceptors (Lipinski definition) is 4. The molecule has 6 nitrogen and oxygen atoms in total. The maximum Gasteiger partial charge on any atom is 0.329 e. The number of ether oxygens (including phenoxy) is 1. The van der Waals surface area contributed by atoms with Crippen LogP contribution in [0, 0.1) is 0 Å². The average molecular weight is 257 g/mol. The fourth-order valence-electron chi connectivity index (χ4n) is 1.73. The largest absolute Gasteiger partial charge is 0.425 e. The van der Waals surface area contributed by atoms with Gasteiger partial charge in [-0.15, -0.1) is 0 Å². The fourth-order valence-corrected chi connectivity index (χ4v) is 2.40. The van der Waals surface area contributed by atoms with Gasteiger partial charge in [-0.05, 0) is 17.2 Å². The van der Waals surface area contributed by atoms with Crippen LogP contribution in [0.5, 0.6) is 5.75 Å². The van der Waals surface area contributed by atoms with Crippen molar-refractivity contribution in [1.29, 1.82) is 0 Å². The van der Waals surface area contributed by atoms with Crippen molar-refractivity contribution in [3.05, 3.63) is 29.3 Å². The summed E-state index contributed by atoms with van der Waals surface area (Å²) in [6.45, 7) is 0. The number of benzene rings is 1. The van der Waals surface area contributed by atoms with Gasteiger partial charge in [-0.3, -0.25) is 4.57 Å². The minimum Gasteiger partial charge on any atom is -0.425 e. The highest BCUT2D eigenvalue weighted by molar-refractivity contribution is 7.50. The van der Waals surface area contributed by atoms with Crippen LogP contribution in [-0.4, -0.2) is 21.8 Å². The van der Waals surface area contributed by atoms with Crippen LogP contribution in [0.15, 0.2) is 18.2 Å². The quantitative estimate of drug-likeness (QED) is 0.395. The number of rotatable bonds is 2. The van der Waals surface area contributed by atoms with Crippen molar-refractivity contribution >= 4 is 13.6 Å². The third-order valence-electron chi connectivity index (χ3n) is 2.47. The molecule has 0 bridgehead atoms. The summed E-state index contributed by atoms with van der Waals surface area (Å²) in [6.07, 6.45) is -0.00731. The minimum absolute atomic E-state index is 0.323. The van der Waals surface area contributed by atoms with Crippen molar-refractivity contribution in [3.63, 3.8) is 0 Å². The van der Waals surface area contributed by atoms with Gasteiger partial charge < -0.3 is 20.3 Å². The Morgan fingerprint density at radius 1 is 1.47 bits per heavy atom. The fraction of sp³-hybridized carbons (Fsp3) is 0.300. The highest BCUT2D eigenvalue weighted by Gasteiger charge is 2.25. The lowest BCUT2D eigenvalue weighted by Gasteiger charge is -2.21. The number of carbonyl (C=O) groups excluding carboxylic acids is 1. The predicted octanol–water partition coefficient (Wildman–Crippen LogP) is 0.153. The molecule has 1 aromatic rings. The molecule has 1 aromatic carbocycles. The summed E-state index contributed by atoms with van der Waals surface area (Å²) in [4.78, 5) is 28.9. The molecule has 2 rings (SSSR count). The van der Waals surface area contributed by atoms with Crippen LogP contribution in [0.1, 0.15) is 11.1 Å². The van der Waals surface area contributed by atoms with Crippen LogP contribution >= 0.6 is 7.60 Å². The van der Waals surface area contributed by atoms with Crippen LogP contribution in [-0.2, 0) is 21.9 Å². The zero-order chi connectivity index (χ0) is 12.6. The van der Waals surface area contributed by atoms with Gasteiger partial charge in [-0.1, -0.05) is 12.1 Å². The van der Waals surface area contributed by atoms with E-state index in [1.54, 1.807) is 6.07 Å². The van der Waals surface area contributed by atoms with Gasteiger partial charge in [0.1, 0.15) is 11.8 Å². The lowest BCUT2D eigenvalue weighted by atomic mass is 10.0. The highest BCUT2D eigenvalue weighted by atomic mass is 31.2. The Kier molecular flexibility index (Phi) is 3.05.